The Labute approximate surface area is 202 Å². The van der Waals surface area contributed by atoms with Gasteiger partial charge in [0.05, 0.1) is 20.6 Å². The number of phenols is 2. The van der Waals surface area contributed by atoms with E-state index in [1.54, 1.807) is 31.2 Å². The Bertz CT molecular complexity index is 1170. The molecule has 0 fully saturated rings. The standard InChI is InChI=1S/C26H28O9/c1-15-23-24(25(30)33-15)35-26(34-23,11-10-17-6-9-20(29)22(13-17)32-3)14-18(27)7-4-16-5-8-19(28)21(12-16)31-2/h5-6,8-9,12-13,15,28-29H,4,7,10-11,14H2,1-3H3. The third kappa shape index (κ3) is 5.13. The topological polar surface area (TPSA) is 121 Å². The van der Waals surface area contributed by atoms with Gasteiger partial charge in [-0.1, -0.05) is 12.1 Å². The fraction of sp³-hybridized carbons (Fsp3) is 0.385. The number of esters is 1. The molecule has 0 spiro atoms. The summed E-state index contributed by atoms with van der Waals surface area (Å²) in [5, 5.41) is 19.6. The van der Waals surface area contributed by atoms with Crippen LogP contribution in [0.15, 0.2) is 47.9 Å². The molecule has 9 nitrogen and oxygen atoms in total. The van der Waals surface area contributed by atoms with Gasteiger partial charge in [0.25, 0.3) is 11.5 Å². The predicted molar refractivity (Wildman–Crippen MR) is 123 cm³/mol. The van der Waals surface area contributed by atoms with Gasteiger partial charge in [-0.05, 0) is 55.2 Å². The number of cyclic esters (lactones) is 1. The molecule has 2 aliphatic heterocycles. The van der Waals surface area contributed by atoms with Crippen LogP contribution in [-0.2, 0) is 36.6 Å². The van der Waals surface area contributed by atoms with Crippen LogP contribution in [0.5, 0.6) is 23.0 Å². The molecule has 2 heterocycles. The number of ether oxygens (including phenoxy) is 5. The van der Waals surface area contributed by atoms with E-state index in [1.807, 2.05) is 0 Å². The van der Waals surface area contributed by atoms with Crippen molar-refractivity contribution in [2.24, 2.45) is 0 Å². The number of benzene rings is 2. The lowest BCUT2D eigenvalue weighted by Crippen LogP contribution is -2.37. The summed E-state index contributed by atoms with van der Waals surface area (Å²) in [6, 6.07) is 9.93. The number of Topliss-reactive ketones (excluding diaryl/α,β-unsaturated/α-hetero) is 1. The molecule has 35 heavy (non-hydrogen) atoms. The highest BCUT2D eigenvalue weighted by molar-refractivity contribution is 5.90. The van der Waals surface area contributed by atoms with Crippen LogP contribution in [0.25, 0.3) is 0 Å². The second-order valence-electron chi connectivity index (χ2n) is 8.58. The van der Waals surface area contributed by atoms with E-state index in [2.05, 4.69) is 0 Å². The molecular formula is C26H28O9. The number of hydrogen-bond acceptors (Lipinski definition) is 9. The summed E-state index contributed by atoms with van der Waals surface area (Å²) in [6.45, 7) is 1.69. The maximum absolute atomic E-state index is 13.0. The number of carbonyl (C=O) groups excluding carboxylic acids is 2. The average Bonchev–Trinajstić information content (AvgIpc) is 3.34. The quantitative estimate of drug-likeness (QED) is 0.488. The van der Waals surface area contributed by atoms with Crippen molar-refractivity contribution in [1.82, 2.24) is 0 Å². The molecule has 2 aromatic carbocycles. The Balaban J connectivity index is 1.47. The highest BCUT2D eigenvalue weighted by atomic mass is 16.8. The fourth-order valence-electron chi connectivity index (χ4n) is 4.21. The van der Waals surface area contributed by atoms with Crippen molar-refractivity contribution >= 4 is 11.8 Å². The summed E-state index contributed by atoms with van der Waals surface area (Å²) in [5.74, 6) is -1.01. The lowest BCUT2D eigenvalue weighted by Gasteiger charge is -2.30. The minimum absolute atomic E-state index is 0.0110. The third-order valence-corrected chi connectivity index (χ3v) is 6.09. The third-order valence-electron chi connectivity index (χ3n) is 6.09. The van der Waals surface area contributed by atoms with Crippen molar-refractivity contribution in [2.75, 3.05) is 14.2 Å². The highest BCUT2D eigenvalue weighted by Crippen LogP contribution is 2.43. The van der Waals surface area contributed by atoms with Gasteiger partial charge in [0, 0.05) is 12.8 Å². The first-order valence-corrected chi connectivity index (χ1v) is 11.3. The van der Waals surface area contributed by atoms with E-state index < -0.39 is 17.9 Å². The van der Waals surface area contributed by atoms with Crippen LogP contribution in [0.1, 0.15) is 37.3 Å². The molecule has 0 aliphatic carbocycles. The van der Waals surface area contributed by atoms with Crippen molar-refractivity contribution < 1.29 is 43.5 Å². The number of aromatic hydroxyl groups is 2. The fourth-order valence-corrected chi connectivity index (χ4v) is 4.21. The van der Waals surface area contributed by atoms with Gasteiger partial charge < -0.3 is 33.9 Å². The first-order chi connectivity index (χ1) is 16.7. The summed E-state index contributed by atoms with van der Waals surface area (Å²) in [5.41, 5.74) is 1.68. The van der Waals surface area contributed by atoms with Crippen LogP contribution in [0.4, 0.5) is 0 Å². The summed E-state index contributed by atoms with van der Waals surface area (Å²) in [4.78, 5) is 25.2. The Hall–Kier alpha value is -3.88. The van der Waals surface area contributed by atoms with Gasteiger partial charge in [-0.25, -0.2) is 4.79 Å². The second kappa shape index (κ2) is 9.77. The normalized spacial score (nSPS) is 20.7. The first-order valence-electron chi connectivity index (χ1n) is 11.3. The number of aryl methyl sites for hydroxylation is 2. The molecule has 9 heteroatoms. The molecule has 2 N–H and O–H groups in total. The van der Waals surface area contributed by atoms with E-state index in [9.17, 15) is 19.8 Å². The van der Waals surface area contributed by atoms with Crippen molar-refractivity contribution in [3.8, 4) is 23.0 Å². The van der Waals surface area contributed by atoms with E-state index in [0.717, 1.165) is 11.1 Å². The van der Waals surface area contributed by atoms with Gasteiger partial charge in [-0.15, -0.1) is 0 Å². The van der Waals surface area contributed by atoms with E-state index in [0.29, 0.717) is 30.1 Å². The Morgan fingerprint density at radius 2 is 1.57 bits per heavy atom. The van der Waals surface area contributed by atoms with E-state index in [1.165, 1.54) is 26.4 Å². The van der Waals surface area contributed by atoms with Crippen molar-refractivity contribution in [2.45, 2.75) is 50.9 Å². The lowest BCUT2D eigenvalue weighted by molar-refractivity contribution is -0.191. The lowest BCUT2D eigenvalue weighted by atomic mass is 9.96. The number of hydrogen-bond donors (Lipinski definition) is 2. The minimum Gasteiger partial charge on any atom is -0.504 e. The van der Waals surface area contributed by atoms with Crippen LogP contribution in [0.3, 0.4) is 0 Å². The zero-order valence-corrected chi connectivity index (χ0v) is 19.8. The molecule has 0 aromatic heterocycles. The summed E-state index contributed by atoms with van der Waals surface area (Å²) >= 11 is 0. The molecule has 186 valence electrons. The van der Waals surface area contributed by atoms with Crippen molar-refractivity contribution in [3.05, 3.63) is 59.0 Å². The van der Waals surface area contributed by atoms with Crippen LogP contribution in [0, 0.1) is 0 Å². The van der Waals surface area contributed by atoms with Crippen LogP contribution >= 0.6 is 0 Å². The molecule has 0 bridgehead atoms. The van der Waals surface area contributed by atoms with Crippen LogP contribution < -0.4 is 9.47 Å². The first kappa shape index (κ1) is 24.3. The maximum atomic E-state index is 13.0. The Kier molecular flexibility index (Phi) is 6.77. The summed E-state index contributed by atoms with van der Waals surface area (Å²) in [6.07, 6.45) is 0.722. The van der Waals surface area contributed by atoms with Gasteiger partial charge >= 0.3 is 5.97 Å². The number of phenolic OH excluding ortho intramolecular Hbond substituents is 2. The Morgan fingerprint density at radius 3 is 2.14 bits per heavy atom. The number of rotatable bonds is 10. The summed E-state index contributed by atoms with van der Waals surface area (Å²) in [7, 11) is 2.93. The molecule has 0 saturated carbocycles. The van der Waals surface area contributed by atoms with Gasteiger partial charge in [0.15, 0.2) is 34.9 Å². The highest BCUT2D eigenvalue weighted by Gasteiger charge is 2.52. The van der Waals surface area contributed by atoms with Gasteiger partial charge in [-0.2, -0.15) is 0 Å². The predicted octanol–water partition coefficient (Wildman–Crippen LogP) is 3.54. The van der Waals surface area contributed by atoms with Crippen molar-refractivity contribution in [1.29, 1.82) is 0 Å². The van der Waals surface area contributed by atoms with Crippen LogP contribution in [-0.4, -0.2) is 48.1 Å². The molecule has 2 unspecified atom stereocenters. The van der Waals surface area contributed by atoms with E-state index in [-0.39, 0.29) is 42.3 Å². The second-order valence-corrected chi connectivity index (χ2v) is 8.58. The number of carbonyl (C=O) groups is 2. The molecule has 0 amide bonds. The number of ketones is 1. The zero-order valence-electron chi connectivity index (χ0n) is 19.8. The molecule has 2 aromatic rings. The molecule has 0 saturated heterocycles. The van der Waals surface area contributed by atoms with Gasteiger partial charge in [0.1, 0.15) is 5.78 Å². The minimum atomic E-state index is -1.34. The number of methoxy groups -OCH3 is 2. The van der Waals surface area contributed by atoms with E-state index >= 15 is 0 Å². The largest absolute Gasteiger partial charge is 0.504 e. The maximum Gasteiger partial charge on any atom is 0.378 e. The zero-order chi connectivity index (χ0) is 25.2. The average molecular weight is 485 g/mol. The molecule has 2 aliphatic rings. The summed E-state index contributed by atoms with van der Waals surface area (Å²) < 4.78 is 27.5. The molecule has 2 atom stereocenters. The van der Waals surface area contributed by atoms with Gasteiger partial charge in [-0.3, -0.25) is 4.79 Å². The smallest absolute Gasteiger partial charge is 0.378 e. The monoisotopic (exact) mass is 484 g/mol. The molecule has 4 rings (SSSR count). The Morgan fingerprint density at radius 1 is 0.971 bits per heavy atom. The van der Waals surface area contributed by atoms with Gasteiger partial charge in [0.2, 0.25) is 0 Å². The van der Waals surface area contributed by atoms with Crippen LogP contribution in [0.2, 0.25) is 0 Å². The molecule has 0 radical (unpaired) electrons. The SMILES string of the molecule is COc1cc(CCC(=O)CC2(CCc3ccc(O)c(OC)c3)OC3=C(O2)C(C)OC3=O)ccc1O. The molecular weight excluding hydrogens is 456 g/mol. The van der Waals surface area contributed by atoms with Crippen molar-refractivity contribution in [3.63, 3.8) is 0 Å². The van der Waals surface area contributed by atoms with E-state index in [4.69, 9.17) is 23.7 Å².